The predicted molar refractivity (Wildman–Crippen MR) is 97.3 cm³/mol. The van der Waals surface area contributed by atoms with Crippen molar-refractivity contribution >= 4 is 44.9 Å². The van der Waals surface area contributed by atoms with Gasteiger partial charge in [-0.1, -0.05) is 47.0 Å². The first-order chi connectivity index (χ1) is 11.6. The quantitative estimate of drug-likeness (QED) is 0.686. The monoisotopic (exact) mass is 403 g/mol. The molecule has 24 heavy (non-hydrogen) atoms. The predicted octanol–water partition coefficient (Wildman–Crippen LogP) is 2.57. The first-order valence-corrected chi connectivity index (χ1v) is 11.7. The molecule has 1 aromatic carbocycles. The van der Waals surface area contributed by atoms with Crippen LogP contribution in [0.4, 0.5) is 0 Å². The van der Waals surface area contributed by atoms with Crippen LogP contribution in [0.1, 0.15) is 5.56 Å². The van der Waals surface area contributed by atoms with Gasteiger partial charge in [0.05, 0.1) is 18.1 Å². The van der Waals surface area contributed by atoms with Gasteiger partial charge in [-0.05, 0) is 24.0 Å². The number of aromatic nitrogens is 2. The summed E-state index contributed by atoms with van der Waals surface area (Å²) in [5.74, 6) is 0.662. The Morgan fingerprint density at radius 1 is 1.25 bits per heavy atom. The molecule has 130 valence electrons. The standard InChI is InChI=1S/C14H17N3O3S4/c1-21-13-15-16-14(23-13)22-10-11-3-2-4-12(9-11)24(18,19)17-5-7-20-8-6-17/h2-4,9H,5-8,10H2,1H3. The molecule has 0 spiro atoms. The number of rotatable bonds is 6. The first-order valence-electron chi connectivity index (χ1n) is 7.27. The molecule has 10 heteroatoms. The minimum atomic E-state index is -3.45. The molecule has 2 aromatic rings. The van der Waals surface area contributed by atoms with Crippen molar-refractivity contribution in [2.24, 2.45) is 0 Å². The van der Waals surface area contributed by atoms with Gasteiger partial charge in [-0.2, -0.15) is 4.31 Å². The SMILES string of the molecule is CSc1nnc(SCc2cccc(S(=O)(=O)N3CCOCC3)c2)s1. The second-order valence-electron chi connectivity index (χ2n) is 4.99. The van der Waals surface area contributed by atoms with E-state index in [4.69, 9.17) is 4.74 Å². The molecule has 6 nitrogen and oxygen atoms in total. The molecule has 0 unspecified atom stereocenters. The fourth-order valence-corrected chi connectivity index (χ4v) is 6.07. The van der Waals surface area contributed by atoms with Gasteiger partial charge >= 0.3 is 0 Å². The number of thioether (sulfide) groups is 2. The Hall–Kier alpha value is -0.650. The van der Waals surface area contributed by atoms with E-state index in [1.807, 2.05) is 12.3 Å². The summed E-state index contributed by atoms with van der Waals surface area (Å²) in [6, 6.07) is 7.11. The molecule has 0 aliphatic carbocycles. The van der Waals surface area contributed by atoms with E-state index < -0.39 is 10.0 Å². The average molecular weight is 404 g/mol. The molecule has 0 amide bonds. The maximum Gasteiger partial charge on any atom is 0.243 e. The molecular weight excluding hydrogens is 386 g/mol. The smallest absolute Gasteiger partial charge is 0.243 e. The van der Waals surface area contributed by atoms with Gasteiger partial charge in [0.25, 0.3) is 0 Å². The van der Waals surface area contributed by atoms with Crippen molar-refractivity contribution in [2.45, 2.75) is 19.3 Å². The summed E-state index contributed by atoms with van der Waals surface area (Å²) in [5.41, 5.74) is 0.954. The molecule has 1 saturated heterocycles. The largest absolute Gasteiger partial charge is 0.379 e. The lowest BCUT2D eigenvalue weighted by Gasteiger charge is -2.26. The third kappa shape index (κ3) is 4.30. The summed E-state index contributed by atoms with van der Waals surface area (Å²) >= 11 is 4.69. The molecule has 0 radical (unpaired) electrons. The highest BCUT2D eigenvalue weighted by Gasteiger charge is 2.26. The number of nitrogens with zero attached hydrogens (tertiary/aromatic N) is 3. The van der Waals surface area contributed by atoms with Gasteiger partial charge in [0, 0.05) is 18.8 Å². The molecule has 0 saturated carbocycles. The van der Waals surface area contributed by atoms with Crippen LogP contribution < -0.4 is 0 Å². The van der Waals surface area contributed by atoms with Crippen LogP contribution in [-0.2, 0) is 20.5 Å². The maximum absolute atomic E-state index is 12.7. The molecule has 0 N–H and O–H groups in total. The van der Waals surface area contributed by atoms with E-state index >= 15 is 0 Å². The van der Waals surface area contributed by atoms with E-state index in [9.17, 15) is 8.42 Å². The van der Waals surface area contributed by atoms with Crippen LogP contribution >= 0.6 is 34.9 Å². The topological polar surface area (TPSA) is 72.4 Å². The van der Waals surface area contributed by atoms with Crippen molar-refractivity contribution in [1.29, 1.82) is 0 Å². The number of sulfonamides is 1. The summed E-state index contributed by atoms with van der Waals surface area (Å²) in [4.78, 5) is 0.338. The van der Waals surface area contributed by atoms with Gasteiger partial charge in [0.2, 0.25) is 10.0 Å². The average Bonchev–Trinajstić information content (AvgIpc) is 3.09. The van der Waals surface area contributed by atoms with E-state index in [-0.39, 0.29) is 0 Å². The molecule has 1 aliphatic rings. The van der Waals surface area contributed by atoms with E-state index in [1.54, 1.807) is 53.1 Å². The Kier molecular flexibility index (Phi) is 6.17. The van der Waals surface area contributed by atoms with E-state index in [0.29, 0.717) is 37.0 Å². The van der Waals surface area contributed by atoms with Crippen molar-refractivity contribution < 1.29 is 13.2 Å². The van der Waals surface area contributed by atoms with Crippen LogP contribution in [-0.4, -0.2) is 55.5 Å². The zero-order valence-electron chi connectivity index (χ0n) is 13.0. The number of ether oxygens (including phenoxy) is 1. The van der Waals surface area contributed by atoms with Gasteiger partial charge in [-0.25, -0.2) is 8.42 Å². The van der Waals surface area contributed by atoms with Gasteiger partial charge < -0.3 is 4.74 Å². The molecule has 2 heterocycles. The highest BCUT2D eigenvalue weighted by atomic mass is 32.2. The Labute approximate surface area is 154 Å². The van der Waals surface area contributed by atoms with Crippen LogP contribution in [0, 0.1) is 0 Å². The molecule has 1 aromatic heterocycles. The van der Waals surface area contributed by atoms with Crippen LogP contribution in [0.25, 0.3) is 0 Å². The number of hydrogen-bond donors (Lipinski definition) is 0. The van der Waals surface area contributed by atoms with Crippen molar-refractivity contribution in [1.82, 2.24) is 14.5 Å². The minimum absolute atomic E-state index is 0.338. The van der Waals surface area contributed by atoms with Gasteiger partial charge in [-0.3, -0.25) is 0 Å². The lowest BCUT2D eigenvalue weighted by Crippen LogP contribution is -2.40. The second kappa shape index (κ2) is 8.15. The fraction of sp³-hybridized carbons (Fsp3) is 0.429. The zero-order valence-corrected chi connectivity index (χ0v) is 16.3. The van der Waals surface area contributed by atoms with Crippen LogP contribution in [0.15, 0.2) is 37.8 Å². The Balaban J connectivity index is 1.71. The Morgan fingerprint density at radius 2 is 2.00 bits per heavy atom. The van der Waals surface area contributed by atoms with Crippen LogP contribution in [0.3, 0.4) is 0 Å². The number of benzene rings is 1. The van der Waals surface area contributed by atoms with Gasteiger partial charge in [-0.15, -0.1) is 10.2 Å². The zero-order chi connectivity index (χ0) is 17.0. The summed E-state index contributed by atoms with van der Waals surface area (Å²) in [5, 5.41) is 8.18. The lowest BCUT2D eigenvalue weighted by atomic mass is 10.2. The van der Waals surface area contributed by atoms with Crippen molar-refractivity contribution in [3.05, 3.63) is 29.8 Å². The summed E-state index contributed by atoms with van der Waals surface area (Å²) < 4.78 is 33.9. The van der Waals surface area contributed by atoms with Crippen LogP contribution in [0.2, 0.25) is 0 Å². The molecule has 0 bridgehead atoms. The fourth-order valence-electron chi connectivity index (χ4n) is 2.21. The van der Waals surface area contributed by atoms with E-state index in [2.05, 4.69) is 10.2 Å². The summed E-state index contributed by atoms with van der Waals surface area (Å²) in [7, 11) is -3.45. The molecule has 0 atom stereocenters. The minimum Gasteiger partial charge on any atom is -0.379 e. The molecule has 3 rings (SSSR count). The third-order valence-electron chi connectivity index (χ3n) is 3.43. The van der Waals surface area contributed by atoms with Gasteiger partial charge in [0.15, 0.2) is 8.68 Å². The van der Waals surface area contributed by atoms with Crippen LogP contribution in [0.5, 0.6) is 0 Å². The third-order valence-corrected chi connectivity index (χ3v) is 8.43. The van der Waals surface area contributed by atoms with Crippen molar-refractivity contribution in [2.75, 3.05) is 32.6 Å². The summed E-state index contributed by atoms with van der Waals surface area (Å²) in [6.07, 6.45) is 1.97. The van der Waals surface area contributed by atoms with E-state index in [0.717, 1.165) is 14.2 Å². The lowest BCUT2D eigenvalue weighted by molar-refractivity contribution is 0.0730. The van der Waals surface area contributed by atoms with Crippen molar-refractivity contribution in [3.63, 3.8) is 0 Å². The second-order valence-corrected chi connectivity index (χ2v) is 10.2. The highest BCUT2D eigenvalue weighted by Crippen LogP contribution is 2.30. The molecule has 1 aliphatic heterocycles. The van der Waals surface area contributed by atoms with Gasteiger partial charge in [0.1, 0.15) is 0 Å². The Bertz CT molecular complexity index is 788. The molecular formula is C14H17N3O3S4. The summed E-state index contributed by atoms with van der Waals surface area (Å²) in [6.45, 7) is 1.71. The highest BCUT2D eigenvalue weighted by molar-refractivity contribution is 8.02. The molecule has 1 fully saturated rings. The first kappa shape index (κ1) is 18.2. The van der Waals surface area contributed by atoms with E-state index in [1.165, 1.54) is 4.31 Å². The maximum atomic E-state index is 12.7. The van der Waals surface area contributed by atoms with Crippen molar-refractivity contribution in [3.8, 4) is 0 Å². The normalized spacial score (nSPS) is 16.4. The number of morpholine rings is 1. The number of hydrogen-bond acceptors (Lipinski definition) is 8. The Morgan fingerprint density at radius 3 is 2.71 bits per heavy atom.